The molecule has 0 N–H and O–H groups in total. The first-order chi connectivity index (χ1) is 5.45. The Morgan fingerprint density at radius 2 is 1.00 bits per heavy atom. The van der Waals surface area contributed by atoms with E-state index in [4.69, 9.17) is 25.6 Å². The van der Waals surface area contributed by atoms with Crippen LogP contribution in [0, 0.1) is 22.7 Å². The van der Waals surface area contributed by atoms with Crippen LogP contribution in [0.1, 0.15) is 0 Å². The third-order valence-electron chi connectivity index (χ3n) is 0.409. The van der Waals surface area contributed by atoms with Crippen molar-refractivity contribution < 1.29 is 113 Å². The number of nitrogens with zero attached hydrogens (tertiary/aromatic N) is 2. The first kappa shape index (κ1) is 29.9. The molecule has 0 bridgehead atoms. The minimum atomic E-state index is -2.92. The molecule has 0 atom stereocenters. The Hall–Kier alpha value is 1.26. The Labute approximate surface area is 152 Å². The Morgan fingerprint density at radius 3 is 1.07 bits per heavy atom. The number of Topliss-reactive ketones (excluding diaryl/α,β-unsaturated/α-hetero) is 2. The van der Waals surface area contributed by atoms with Gasteiger partial charge in [-0.2, -0.15) is 10.5 Å². The van der Waals surface area contributed by atoms with Crippen molar-refractivity contribution in [3.05, 3.63) is 0 Å². The molecule has 0 aromatic rings. The smallest absolute Gasteiger partial charge is 0.907 e. The summed E-state index contributed by atoms with van der Waals surface area (Å²) in [5.74, 6) is -2.62. The number of carbonyl (C=O) groups excluding carboxylic acids is 2. The average Bonchev–Trinajstić information content (AvgIpc) is 2.00. The summed E-state index contributed by atoms with van der Waals surface area (Å²) in [5.41, 5.74) is 0. The van der Waals surface area contributed by atoms with E-state index in [9.17, 15) is 9.59 Å². The van der Waals surface area contributed by atoms with Crippen LogP contribution in [-0.2, 0) is 9.59 Å². The predicted octanol–water partition coefficient (Wildman–Crippen LogP) is -13.8. The summed E-state index contributed by atoms with van der Waals surface area (Å²) in [4.78, 5) is 19.6. The molecule has 15 heavy (non-hydrogen) atoms. The molecule has 0 heterocycles. The SMILES string of the molecule is N#CC(=O)C(=O)C#N.[Na+].[Na+].[Na+].[O-]B([O-])[O-]. The van der Waals surface area contributed by atoms with Crippen molar-refractivity contribution in [3.8, 4) is 12.1 Å². The molecule has 0 aliphatic rings. The first-order valence-corrected chi connectivity index (χ1v) is 2.31. The van der Waals surface area contributed by atoms with Crippen LogP contribution in [0.15, 0.2) is 0 Å². The Bertz CT molecular complexity index is 233. The van der Waals surface area contributed by atoms with E-state index in [0.717, 1.165) is 12.1 Å². The fraction of sp³-hybridized carbons (Fsp3) is 0. The zero-order valence-corrected chi connectivity index (χ0v) is 14.5. The number of rotatable bonds is 1. The van der Waals surface area contributed by atoms with Crippen LogP contribution in [0.5, 0.6) is 0 Å². The monoisotopic (exact) mass is 236 g/mol. The van der Waals surface area contributed by atoms with E-state index >= 15 is 0 Å². The second-order valence-corrected chi connectivity index (χ2v) is 1.17. The molecule has 0 spiro atoms. The van der Waals surface area contributed by atoms with Crippen molar-refractivity contribution in [2.24, 2.45) is 0 Å². The summed E-state index contributed by atoms with van der Waals surface area (Å²) in [5, 5.41) is 40.6. The second-order valence-electron chi connectivity index (χ2n) is 1.17. The van der Waals surface area contributed by atoms with Crippen LogP contribution in [0.4, 0.5) is 0 Å². The number of ketones is 2. The summed E-state index contributed by atoms with van der Waals surface area (Å²) < 4.78 is 0. The van der Waals surface area contributed by atoms with Gasteiger partial charge in [0.1, 0.15) is 12.1 Å². The Kier molecular flexibility index (Phi) is 41.1. The fourth-order valence-electron chi connectivity index (χ4n) is 0.102. The Balaban J connectivity index is -0.0000000424. The van der Waals surface area contributed by atoms with Gasteiger partial charge in [-0.1, -0.05) is 0 Å². The second kappa shape index (κ2) is 20.6. The largest absolute Gasteiger partial charge is 1.00 e. The molecule has 0 saturated carbocycles. The van der Waals surface area contributed by atoms with Crippen LogP contribution >= 0.6 is 0 Å². The molecule has 7 nitrogen and oxygen atoms in total. The van der Waals surface area contributed by atoms with Crippen LogP contribution in [0.3, 0.4) is 0 Å². The molecule has 0 saturated heterocycles. The van der Waals surface area contributed by atoms with Crippen LogP contribution < -0.4 is 104 Å². The van der Waals surface area contributed by atoms with Crippen molar-refractivity contribution >= 4 is 18.9 Å². The molecule has 0 radical (unpaired) electrons. The van der Waals surface area contributed by atoms with Gasteiger partial charge in [-0.25, -0.2) is 0 Å². The third-order valence-corrected chi connectivity index (χ3v) is 0.409. The summed E-state index contributed by atoms with van der Waals surface area (Å²) in [6.07, 6.45) is 0. The van der Waals surface area contributed by atoms with Gasteiger partial charge in [0.05, 0.1) is 0 Å². The minimum Gasteiger partial charge on any atom is -0.907 e. The van der Waals surface area contributed by atoms with Gasteiger partial charge < -0.3 is 15.1 Å². The third kappa shape index (κ3) is 31.3. The molecule has 0 aliphatic heterocycles. The molecule has 0 rings (SSSR count). The zero-order valence-electron chi connectivity index (χ0n) is 8.51. The summed E-state index contributed by atoms with van der Waals surface area (Å²) >= 11 is 0. The molecular weight excluding hydrogens is 236 g/mol. The molecule has 62 valence electrons. The molecule has 0 fully saturated rings. The van der Waals surface area contributed by atoms with Gasteiger partial charge in [-0.15, -0.1) is 0 Å². The van der Waals surface area contributed by atoms with Crippen LogP contribution in [0.25, 0.3) is 0 Å². The molecule has 0 aromatic carbocycles. The quantitative estimate of drug-likeness (QED) is 0.249. The van der Waals surface area contributed by atoms with Crippen molar-refractivity contribution in [1.29, 1.82) is 10.5 Å². The van der Waals surface area contributed by atoms with Gasteiger partial charge in [0.2, 0.25) is 0 Å². The van der Waals surface area contributed by atoms with Crippen LogP contribution in [-0.4, -0.2) is 18.9 Å². The number of hydrogen-bond acceptors (Lipinski definition) is 7. The van der Waals surface area contributed by atoms with E-state index in [1.54, 1.807) is 0 Å². The van der Waals surface area contributed by atoms with E-state index in [-0.39, 0.29) is 88.7 Å². The molecule has 0 amide bonds. The van der Waals surface area contributed by atoms with E-state index in [1.807, 2.05) is 0 Å². The van der Waals surface area contributed by atoms with E-state index in [1.165, 1.54) is 0 Å². The van der Waals surface area contributed by atoms with Gasteiger partial charge in [-0.3, -0.25) is 16.9 Å². The maximum absolute atomic E-state index is 9.81. The number of nitriles is 2. The van der Waals surface area contributed by atoms with Gasteiger partial charge >= 0.3 is 100 Å². The molecular formula is C4BN2Na3O5. The van der Waals surface area contributed by atoms with Crippen LogP contribution in [0.2, 0.25) is 0 Å². The van der Waals surface area contributed by atoms with Crippen molar-refractivity contribution in [2.75, 3.05) is 0 Å². The molecule has 0 unspecified atom stereocenters. The maximum atomic E-state index is 9.81. The van der Waals surface area contributed by atoms with Gasteiger partial charge in [0, 0.05) is 0 Å². The fourth-order valence-corrected chi connectivity index (χ4v) is 0.102. The average molecular weight is 236 g/mol. The summed E-state index contributed by atoms with van der Waals surface area (Å²) in [7, 11) is -2.92. The molecule has 0 aliphatic carbocycles. The normalized spacial score (nSPS) is 5.13. The number of carbonyl (C=O) groups is 2. The van der Waals surface area contributed by atoms with Crippen molar-refractivity contribution in [3.63, 3.8) is 0 Å². The van der Waals surface area contributed by atoms with E-state index in [2.05, 4.69) is 0 Å². The standard InChI is InChI=1S/C4N2O2.BO3.3Na/c5-1-3(7)4(8)2-6;2-1(3)4;;;/q;-3;3*+1. The topological polar surface area (TPSA) is 151 Å². The molecule has 11 heteroatoms. The predicted molar refractivity (Wildman–Crippen MR) is 27.0 cm³/mol. The van der Waals surface area contributed by atoms with Crippen molar-refractivity contribution in [1.82, 2.24) is 0 Å². The zero-order chi connectivity index (χ0) is 10.1. The van der Waals surface area contributed by atoms with Gasteiger partial charge in [0.15, 0.2) is 0 Å². The summed E-state index contributed by atoms with van der Waals surface area (Å²) in [6.45, 7) is 0. The van der Waals surface area contributed by atoms with E-state index < -0.39 is 18.9 Å². The first-order valence-electron chi connectivity index (χ1n) is 2.31. The number of hydrogen-bond donors (Lipinski definition) is 0. The van der Waals surface area contributed by atoms with Gasteiger partial charge in [-0.05, 0) is 0 Å². The van der Waals surface area contributed by atoms with Gasteiger partial charge in [0.25, 0.3) is 0 Å². The van der Waals surface area contributed by atoms with E-state index in [0.29, 0.717) is 0 Å². The summed E-state index contributed by atoms with van der Waals surface area (Å²) in [6, 6.07) is 2.01. The molecule has 0 aromatic heterocycles. The Morgan fingerprint density at radius 1 is 0.867 bits per heavy atom. The van der Waals surface area contributed by atoms with Crippen molar-refractivity contribution in [2.45, 2.75) is 0 Å². The maximum Gasteiger partial charge on any atom is 1.00 e. The minimum absolute atomic E-state index is 0.